The number of oxazole rings is 2. The lowest BCUT2D eigenvalue weighted by molar-refractivity contribution is -0.118. The van der Waals surface area contributed by atoms with Gasteiger partial charge < -0.3 is 28.5 Å². The molecule has 0 spiro atoms. The molecule has 0 saturated carbocycles. The Morgan fingerprint density at radius 1 is 0.508 bits per heavy atom. The van der Waals surface area contributed by atoms with Gasteiger partial charge >= 0.3 is 0 Å². The van der Waals surface area contributed by atoms with Gasteiger partial charge in [-0.1, -0.05) is 108 Å². The highest BCUT2D eigenvalue weighted by atomic mass is 16.5. The summed E-state index contributed by atoms with van der Waals surface area (Å²) in [6.07, 6.45) is 8.74. The number of Topliss-reactive ketones (excluding diaryl/α,β-unsaturated/α-hetero) is 1. The maximum absolute atomic E-state index is 11.9. The maximum atomic E-state index is 11.9. The van der Waals surface area contributed by atoms with E-state index in [0.29, 0.717) is 0 Å². The molecule has 6 aromatic carbocycles. The molecule has 0 radical (unpaired) electrons. The van der Waals surface area contributed by atoms with E-state index in [0.717, 1.165) is 59.0 Å². The minimum atomic E-state index is -0.0939. The lowest BCUT2D eigenvalue weighted by Crippen LogP contribution is -2.12. The molecule has 2 aromatic heterocycles. The Morgan fingerprint density at radius 2 is 0.857 bits per heavy atom. The van der Waals surface area contributed by atoms with Crippen LogP contribution in [0.25, 0.3) is 0 Å². The molecule has 8 rings (SSSR count). The lowest BCUT2D eigenvalue weighted by Gasteiger charge is -2.15. The predicted octanol–water partition coefficient (Wildman–Crippen LogP) is 11.7. The number of ketones is 1. The first-order valence-electron chi connectivity index (χ1n) is 20.8. The van der Waals surface area contributed by atoms with Crippen molar-refractivity contribution in [3.63, 3.8) is 0 Å². The summed E-state index contributed by atoms with van der Waals surface area (Å²) in [6, 6.07) is 47.0. The minimum absolute atomic E-state index is 0.0117. The van der Waals surface area contributed by atoms with Crippen LogP contribution in [-0.2, 0) is 24.1 Å². The van der Waals surface area contributed by atoms with E-state index in [1.165, 1.54) is 40.6 Å². The topological polar surface area (TPSA) is 128 Å². The molecule has 3 atom stereocenters. The zero-order valence-corrected chi connectivity index (χ0v) is 36.3. The molecule has 0 aliphatic carbocycles. The molecule has 2 heterocycles. The van der Waals surface area contributed by atoms with Crippen LogP contribution in [0.2, 0.25) is 0 Å². The zero-order valence-electron chi connectivity index (χ0n) is 36.3. The molecule has 0 aliphatic rings. The van der Waals surface area contributed by atoms with Crippen molar-refractivity contribution in [2.75, 3.05) is 14.2 Å². The van der Waals surface area contributed by atoms with Crippen molar-refractivity contribution >= 4 is 5.78 Å². The highest BCUT2D eigenvalue weighted by Gasteiger charge is 2.20. The summed E-state index contributed by atoms with van der Waals surface area (Å²) in [6.45, 7) is 5.82. The third-order valence-electron chi connectivity index (χ3n) is 10.9. The molecule has 0 bridgehead atoms. The zero-order chi connectivity index (χ0) is 44.6. The van der Waals surface area contributed by atoms with Gasteiger partial charge in [0.2, 0.25) is 0 Å². The average Bonchev–Trinajstić information content (AvgIpc) is 4.06. The molecule has 9 heteroatoms. The van der Waals surface area contributed by atoms with E-state index in [-0.39, 0.29) is 35.0 Å². The van der Waals surface area contributed by atoms with Gasteiger partial charge in [0.15, 0.2) is 12.8 Å². The smallest absolute Gasteiger partial charge is 0.180 e. The van der Waals surface area contributed by atoms with Crippen LogP contribution >= 0.6 is 0 Å². The van der Waals surface area contributed by atoms with Crippen LogP contribution in [0.1, 0.15) is 80.7 Å². The fourth-order valence-electron chi connectivity index (χ4n) is 7.22. The number of rotatable bonds is 14. The Kier molecular flexibility index (Phi) is 16.1. The van der Waals surface area contributed by atoms with Crippen molar-refractivity contribution in [1.82, 2.24) is 9.97 Å². The highest BCUT2D eigenvalue weighted by Crippen LogP contribution is 2.32. The Bertz CT molecular complexity index is 2530. The van der Waals surface area contributed by atoms with Crippen LogP contribution in [0.5, 0.6) is 23.0 Å². The van der Waals surface area contributed by atoms with Gasteiger partial charge in [-0.05, 0) is 122 Å². The van der Waals surface area contributed by atoms with Crippen LogP contribution in [-0.4, -0.2) is 40.2 Å². The average molecular weight is 843 g/mol. The van der Waals surface area contributed by atoms with E-state index >= 15 is 0 Å². The van der Waals surface area contributed by atoms with Gasteiger partial charge in [0.25, 0.3) is 0 Å². The van der Waals surface area contributed by atoms with Crippen LogP contribution in [0.3, 0.4) is 0 Å². The number of phenols is 2. The third kappa shape index (κ3) is 13.3. The number of aromatic nitrogens is 2. The van der Waals surface area contributed by atoms with Crippen LogP contribution < -0.4 is 9.47 Å². The summed E-state index contributed by atoms with van der Waals surface area (Å²) >= 11 is 0. The second-order valence-electron chi connectivity index (χ2n) is 15.5. The number of benzene rings is 6. The summed E-state index contributed by atoms with van der Waals surface area (Å²) < 4.78 is 21.4. The number of ether oxygens (including phenoxy) is 2. The predicted molar refractivity (Wildman–Crippen MR) is 246 cm³/mol. The lowest BCUT2D eigenvalue weighted by atomic mass is 9.89. The number of carbonyl (C=O) groups excluding carboxylic acids is 1. The number of aryl methyl sites for hydroxylation is 2. The van der Waals surface area contributed by atoms with Crippen LogP contribution in [0.4, 0.5) is 0 Å². The van der Waals surface area contributed by atoms with Crippen molar-refractivity contribution in [2.45, 2.75) is 57.8 Å². The minimum Gasteiger partial charge on any atom is -0.508 e. The van der Waals surface area contributed by atoms with Crippen molar-refractivity contribution in [1.29, 1.82) is 0 Å². The monoisotopic (exact) mass is 842 g/mol. The second-order valence-corrected chi connectivity index (χ2v) is 15.5. The molecule has 8 aromatic rings. The first kappa shape index (κ1) is 45.1. The van der Waals surface area contributed by atoms with E-state index in [1.54, 1.807) is 57.8 Å². The van der Waals surface area contributed by atoms with E-state index in [9.17, 15) is 15.0 Å². The second kappa shape index (κ2) is 22.5. The molecule has 0 saturated heterocycles. The van der Waals surface area contributed by atoms with E-state index in [2.05, 4.69) is 84.5 Å². The third-order valence-corrected chi connectivity index (χ3v) is 10.9. The van der Waals surface area contributed by atoms with Gasteiger partial charge in [-0.2, -0.15) is 0 Å². The number of nitrogens with zero attached hydrogens (tertiary/aromatic N) is 2. The van der Waals surface area contributed by atoms with Crippen molar-refractivity contribution < 1.29 is 33.3 Å². The Labute approximate surface area is 369 Å². The molecule has 9 nitrogen and oxygen atoms in total. The molecule has 63 heavy (non-hydrogen) atoms. The number of methoxy groups -OCH3 is 2. The summed E-state index contributed by atoms with van der Waals surface area (Å²) in [5.74, 6) is 4.06. The van der Waals surface area contributed by atoms with Crippen molar-refractivity contribution in [3.05, 3.63) is 227 Å². The first-order valence-corrected chi connectivity index (χ1v) is 20.8. The Morgan fingerprint density at radius 3 is 1.22 bits per heavy atom. The summed E-state index contributed by atoms with van der Waals surface area (Å²) in [4.78, 5) is 20.0. The number of aromatic hydroxyl groups is 2. The molecule has 0 amide bonds. The fraction of sp³-hybridized carbons (Fsp3) is 0.204. The quantitative estimate of drug-likeness (QED) is 0.110. The number of phenolic OH excluding ortho intramolecular Hbond substituents is 2. The van der Waals surface area contributed by atoms with E-state index < -0.39 is 0 Å². The standard InChI is InChI=1S/C19H19NO2.C18H20O2.C17H15NO3/c1-14-3-5-15(6-4-14)11-18(19-12-20-13-22-19)16-7-9-17(21-2)10-8-16;1-13-4-6-15(7-5-13)12-18(14(2)19)16-8-10-17(20-3)11-9-16;19-14-5-1-12(2-6-14)9-16(17-10-18-11-21-17)13-3-7-15(20)8-4-13/h3-10,12-13,18H,11H2,1-2H3;4-11,18H,12H2,1-3H3;1-8,10-11,16,19-20H,9H2. The molecule has 322 valence electrons. The van der Waals surface area contributed by atoms with Gasteiger partial charge in [0, 0.05) is 17.8 Å². The fourth-order valence-corrected chi connectivity index (χ4v) is 7.22. The summed E-state index contributed by atoms with van der Waals surface area (Å²) in [7, 11) is 3.32. The summed E-state index contributed by atoms with van der Waals surface area (Å²) in [5, 5.41) is 18.8. The van der Waals surface area contributed by atoms with Gasteiger partial charge in [0.05, 0.1) is 26.6 Å². The van der Waals surface area contributed by atoms with Crippen molar-refractivity contribution in [2.24, 2.45) is 0 Å². The number of carbonyl (C=O) groups is 1. The highest BCUT2D eigenvalue weighted by molar-refractivity contribution is 5.83. The van der Waals surface area contributed by atoms with E-state index in [4.69, 9.17) is 18.3 Å². The van der Waals surface area contributed by atoms with E-state index in [1.807, 2.05) is 60.7 Å². The Balaban J connectivity index is 0.000000158. The summed E-state index contributed by atoms with van der Waals surface area (Å²) in [5.41, 5.74) is 9.33. The van der Waals surface area contributed by atoms with Gasteiger partial charge in [-0.25, -0.2) is 9.97 Å². The van der Waals surface area contributed by atoms with Crippen LogP contribution in [0, 0.1) is 13.8 Å². The maximum Gasteiger partial charge on any atom is 0.180 e. The van der Waals surface area contributed by atoms with Gasteiger partial charge in [0.1, 0.15) is 40.3 Å². The van der Waals surface area contributed by atoms with Gasteiger partial charge in [-0.15, -0.1) is 0 Å². The molecule has 2 N–H and O–H groups in total. The normalized spacial score (nSPS) is 12.1. The number of hydrogen-bond acceptors (Lipinski definition) is 9. The van der Waals surface area contributed by atoms with Crippen molar-refractivity contribution in [3.8, 4) is 23.0 Å². The van der Waals surface area contributed by atoms with Crippen LogP contribution in [0.15, 0.2) is 180 Å². The molecular weight excluding hydrogens is 789 g/mol. The molecule has 0 aliphatic heterocycles. The largest absolute Gasteiger partial charge is 0.508 e. The number of hydrogen-bond donors (Lipinski definition) is 2. The SMILES string of the molecule is COc1ccc(C(Cc2ccc(C)cc2)C(C)=O)cc1.COc1ccc(C(Cc2ccc(C)cc2)c2cnco2)cc1.Oc1ccc(CC(c2ccc(O)cc2)c2cnco2)cc1. The molecule has 0 fully saturated rings. The molecule has 3 unspecified atom stereocenters. The Hall–Kier alpha value is -7.39. The molecular formula is C54H54N2O7. The van der Waals surface area contributed by atoms with Gasteiger partial charge in [-0.3, -0.25) is 4.79 Å². The first-order chi connectivity index (χ1) is 30.6.